The van der Waals surface area contributed by atoms with E-state index >= 15 is 0 Å². The fourth-order valence-electron chi connectivity index (χ4n) is 2.29. The second-order valence-electron chi connectivity index (χ2n) is 5.30. The first-order valence-electron chi connectivity index (χ1n) is 6.70. The summed E-state index contributed by atoms with van der Waals surface area (Å²) in [6.07, 6.45) is 1.61. The van der Waals surface area contributed by atoms with Crippen molar-refractivity contribution < 1.29 is 24.2 Å². The van der Waals surface area contributed by atoms with Crippen LogP contribution in [0.3, 0.4) is 0 Å². The van der Waals surface area contributed by atoms with Gasteiger partial charge in [0.05, 0.1) is 19.8 Å². The van der Waals surface area contributed by atoms with Crippen LogP contribution in [0.5, 0.6) is 11.5 Å². The number of hydrogen-bond acceptors (Lipinski definition) is 4. The standard InChI is InChI=1S/C15H19NO5/c1-15(14(18)19,9-4-5-9)16-13(17)11-8-10(20-2)6-7-12(11)21-3/h6-9H,4-5H2,1-3H3,(H,16,17)(H,18,19). The topological polar surface area (TPSA) is 84.9 Å². The van der Waals surface area contributed by atoms with E-state index in [4.69, 9.17) is 9.47 Å². The van der Waals surface area contributed by atoms with Gasteiger partial charge in [-0.1, -0.05) is 0 Å². The summed E-state index contributed by atoms with van der Waals surface area (Å²) in [5.74, 6) is -0.667. The van der Waals surface area contributed by atoms with Gasteiger partial charge in [-0.15, -0.1) is 0 Å². The monoisotopic (exact) mass is 293 g/mol. The molecule has 1 fully saturated rings. The zero-order chi connectivity index (χ0) is 15.6. The fourth-order valence-corrected chi connectivity index (χ4v) is 2.29. The molecular formula is C15H19NO5. The molecule has 1 aliphatic rings. The van der Waals surface area contributed by atoms with Gasteiger partial charge in [-0.2, -0.15) is 0 Å². The van der Waals surface area contributed by atoms with Crippen molar-refractivity contribution in [2.45, 2.75) is 25.3 Å². The number of carbonyl (C=O) groups excluding carboxylic acids is 1. The molecule has 0 heterocycles. The zero-order valence-electron chi connectivity index (χ0n) is 12.3. The van der Waals surface area contributed by atoms with Gasteiger partial charge in [-0.05, 0) is 43.9 Å². The van der Waals surface area contributed by atoms with Crippen LogP contribution in [-0.2, 0) is 4.79 Å². The first-order valence-corrected chi connectivity index (χ1v) is 6.70. The Morgan fingerprint density at radius 1 is 1.29 bits per heavy atom. The maximum atomic E-state index is 12.4. The molecule has 21 heavy (non-hydrogen) atoms. The molecule has 114 valence electrons. The third-order valence-electron chi connectivity index (χ3n) is 3.86. The molecule has 1 aromatic rings. The van der Waals surface area contributed by atoms with Gasteiger partial charge >= 0.3 is 5.97 Å². The van der Waals surface area contributed by atoms with Crippen LogP contribution in [-0.4, -0.2) is 36.7 Å². The zero-order valence-corrected chi connectivity index (χ0v) is 12.3. The molecule has 1 saturated carbocycles. The van der Waals surface area contributed by atoms with Crippen LogP contribution in [0, 0.1) is 5.92 Å². The lowest BCUT2D eigenvalue weighted by molar-refractivity contribution is -0.144. The molecule has 0 spiro atoms. The lowest BCUT2D eigenvalue weighted by Gasteiger charge is -2.26. The Bertz CT molecular complexity index is 567. The predicted molar refractivity (Wildman–Crippen MR) is 75.8 cm³/mol. The van der Waals surface area contributed by atoms with E-state index in [0.29, 0.717) is 11.5 Å². The van der Waals surface area contributed by atoms with Gasteiger partial charge in [-0.3, -0.25) is 4.79 Å². The van der Waals surface area contributed by atoms with Crippen molar-refractivity contribution in [1.29, 1.82) is 0 Å². The molecule has 0 aliphatic heterocycles. The van der Waals surface area contributed by atoms with Crippen LogP contribution in [0.4, 0.5) is 0 Å². The lowest BCUT2D eigenvalue weighted by atomic mass is 9.95. The van der Waals surface area contributed by atoms with E-state index in [2.05, 4.69) is 5.32 Å². The molecule has 6 nitrogen and oxygen atoms in total. The van der Waals surface area contributed by atoms with Gasteiger partial charge < -0.3 is 19.9 Å². The van der Waals surface area contributed by atoms with Crippen LogP contribution in [0.2, 0.25) is 0 Å². The highest BCUT2D eigenvalue weighted by Crippen LogP contribution is 2.40. The third-order valence-corrected chi connectivity index (χ3v) is 3.86. The number of aliphatic carboxylic acids is 1. The van der Waals surface area contributed by atoms with Crippen LogP contribution in [0.15, 0.2) is 18.2 Å². The lowest BCUT2D eigenvalue weighted by Crippen LogP contribution is -2.54. The summed E-state index contributed by atoms with van der Waals surface area (Å²) < 4.78 is 10.2. The van der Waals surface area contributed by atoms with Gasteiger partial charge in [0.25, 0.3) is 5.91 Å². The number of carbonyl (C=O) groups is 2. The van der Waals surface area contributed by atoms with Crippen molar-refractivity contribution in [3.05, 3.63) is 23.8 Å². The average Bonchev–Trinajstić information content (AvgIpc) is 3.31. The molecule has 1 amide bonds. The maximum Gasteiger partial charge on any atom is 0.329 e. The summed E-state index contributed by atoms with van der Waals surface area (Å²) >= 11 is 0. The summed E-state index contributed by atoms with van der Waals surface area (Å²) in [6.45, 7) is 1.54. The molecule has 0 radical (unpaired) electrons. The number of ether oxygens (including phenoxy) is 2. The second-order valence-corrected chi connectivity index (χ2v) is 5.30. The smallest absolute Gasteiger partial charge is 0.329 e. The van der Waals surface area contributed by atoms with Gasteiger partial charge in [0.2, 0.25) is 0 Å². The van der Waals surface area contributed by atoms with E-state index in [-0.39, 0.29) is 11.5 Å². The van der Waals surface area contributed by atoms with Gasteiger partial charge in [0.15, 0.2) is 0 Å². The van der Waals surface area contributed by atoms with Gasteiger partial charge in [-0.25, -0.2) is 4.79 Å². The Morgan fingerprint density at radius 2 is 1.95 bits per heavy atom. The predicted octanol–water partition coefficient (Wildman–Crippen LogP) is 1.69. The molecule has 2 rings (SSSR count). The average molecular weight is 293 g/mol. The van der Waals surface area contributed by atoms with Crippen molar-refractivity contribution in [3.63, 3.8) is 0 Å². The Hall–Kier alpha value is -2.24. The van der Waals surface area contributed by atoms with Gasteiger partial charge in [0.1, 0.15) is 17.0 Å². The highest BCUT2D eigenvalue weighted by Gasteiger charge is 2.48. The Balaban J connectivity index is 2.29. The van der Waals surface area contributed by atoms with Crippen LogP contribution < -0.4 is 14.8 Å². The van der Waals surface area contributed by atoms with E-state index in [9.17, 15) is 14.7 Å². The number of methoxy groups -OCH3 is 2. The Kier molecular flexibility index (Phi) is 4.06. The first kappa shape index (κ1) is 15.2. The minimum atomic E-state index is -1.26. The molecule has 0 bridgehead atoms. The van der Waals surface area contributed by atoms with Crippen molar-refractivity contribution in [1.82, 2.24) is 5.32 Å². The van der Waals surface area contributed by atoms with Crippen molar-refractivity contribution in [3.8, 4) is 11.5 Å². The molecule has 1 atom stereocenters. The molecule has 0 aromatic heterocycles. The molecule has 1 aliphatic carbocycles. The van der Waals surface area contributed by atoms with Crippen LogP contribution in [0.1, 0.15) is 30.1 Å². The Labute approximate surface area is 123 Å². The number of nitrogens with one attached hydrogen (secondary N) is 1. The number of carboxylic acids is 1. The van der Waals surface area contributed by atoms with Crippen molar-refractivity contribution in [2.24, 2.45) is 5.92 Å². The van der Waals surface area contributed by atoms with E-state index in [1.807, 2.05) is 0 Å². The summed E-state index contributed by atoms with van der Waals surface area (Å²) in [5, 5.41) is 12.0. The number of benzene rings is 1. The quantitative estimate of drug-likeness (QED) is 0.833. The largest absolute Gasteiger partial charge is 0.497 e. The summed E-state index contributed by atoms with van der Waals surface area (Å²) in [4.78, 5) is 23.9. The summed E-state index contributed by atoms with van der Waals surface area (Å²) in [6, 6.07) is 4.82. The molecule has 1 aromatic carbocycles. The Morgan fingerprint density at radius 3 is 2.43 bits per heavy atom. The van der Waals surface area contributed by atoms with Crippen LogP contribution >= 0.6 is 0 Å². The van der Waals surface area contributed by atoms with E-state index in [1.165, 1.54) is 27.2 Å². The molecule has 6 heteroatoms. The maximum absolute atomic E-state index is 12.4. The van der Waals surface area contributed by atoms with E-state index in [0.717, 1.165) is 12.8 Å². The summed E-state index contributed by atoms with van der Waals surface area (Å²) in [5.41, 5.74) is -1.00. The third kappa shape index (κ3) is 2.94. The SMILES string of the molecule is COc1ccc(OC)c(C(=O)NC(C)(C(=O)O)C2CC2)c1. The number of amides is 1. The number of carboxylic acid groups (broad SMARTS) is 1. The first-order chi connectivity index (χ1) is 9.92. The van der Waals surface area contributed by atoms with E-state index in [1.54, 1.807) is 12.1 Å². The fraction of sp³-hybridized carbons (Fsp3) is 0.467. The molecule has 1 unspecified atom stereocenters. The highest BCUT2D eigenvalue weighted by atomic mass is 16.5. The number of hydrogen-bond donors (Lipinski definition) is 2. The minimum Gasteiger partial charge on any atom is -0.497 e. The van der Waals surface area contributed by atoms with Crippen molar-refractivity contribution >= 4 is 11.9 Å². The number of rotatable bonds is 6. The molecule has 2 N–H and O–H groups in total. The van der Waals surface area contributed by atoms with Gasteiger partial charge in [0, 0.05) is 0 Å². The summed E-state index contributed by atoms with van der Waals surface area (Å²) in [7, 11) is 2.95. The normalized spacial score (nSPS) is 16.7. The molecular weight excluding hydrogens is 274 g/mol. The second kappa shape index (κ2) is 5.63. The van der Waals surface area contributed by atoms with Crippen molar-refractivity contribution in [2.75, 3.05) is 14.2 Å². The van der Waals surface area contributed by atoms with Crippen LogP contribution in [0.25, 0.3) is 0 Å². The van der Waals surface area contributed by atoms with E-state index < -0.39 is 17.4 Å². The highest BCUT2D eigenvalue weighted by molar-refractivity contribution is 6.00. The molecule has 0 saturated heterocycles. The minimum absolute atomic E-state index is 0.0319.